The lowest BCUT2D eigenvalue weighted by Crippen LogP contribution is -2.34. The van der Waals surface area contributed by atoms with Gasteiger partial charge in [-0.25, -0.2) is 4.68 Å². The summed E-state index contributed by atoms with van der Waals surface area (Å²) in [6, 6.07) is 19.7. The molecule has 0 atom stereocenters. The zero-order valence-electron chi connectivity index (χ0n) is 19.0. The molecule has 2 aromatic carbocycles. The second-order valence-corrected chi connectivity index (χ2v) is 9.73. The standard InChI is InChI=1S/C27H26N4O2/c1-27(2,3)31-25(29-14-8-9-15-29)20-16-30(17-21(20)28-31)26(32)24-18-10-4-6-12-22(18)33-23-13-7-5-11-19(23)24/h4-15,24H,16-17H2,1-3H3. The maximum Gasteiger partial charge on any atom is 0.235 e. The molecule has 0 saturated heterocycles. The van der Waals surface area contributed by atoms with E-state index in [1.165, 1.54) is 0 Å². The Labute approximate surface area is 193 Å². The van der Waals surface area contributed by atoms with E-state index in [0.717, 1.165) is 39.7 Å². The van der Waals surface area contributed by atoms with Crippen LogP contribution in [0.15, 0.2) is 73.1 Å². The topological polar surface area (TPSA) is 52.3 Å². The van der Waals surface area contributed by atoms with E-state index < -0.39 is 0 Å². The minimum atomic E-state index is -0.389. The second kappa shape index (κ2) is 7.10. The number of amides is 1. The number of hydrogen-bond acceptors (Lipinski definition) is 3. The molecule has 1 amide bonds. The number of carbonyl (C=O) groups is 1. The van der Waals surface area contributed by atoms with E-state index in [2.05, 4.69) is 30.0 Å². The molecule has 6 heteroatoms. The van der Waals surface area contributed by atoms with Gasteiger partial charge in [0, 0.05) is 29.1 Å². The van der Waals surface area contributed by atoms with E-state index in [9.17, 15) is 4.79 Å². The summed E-state index contributed by atoms with van der Waals surface area (Å²) in [5.74, 6) is 2.22. The lowest BCUT2D eigenvalue weighted by molar-refractivity contribution is -0.132. The predicted octanol–water partition coefficient (Wildman–Crippen LogP) is 5.21. The van der Waals surface area contributed by atoms with Gasteiger partial charge >= 0.3 is 0 Å². The normalized spacial score (nSPS) is 15.1. The number of ether oxygens (including phenoxy) is 1. The number of fused-ring (bicyclic) bond motifs is 3. The van der Waals surface area contributed by atoms with Gasteiger partial charge in [-0.2, -0.15) is 5.10 Å². The minimum Gasteiger partial charge on any atom is -0.457 e. The zero-order chi connectivity index (χ0) is 22.7. The van der Waals surface area contributed by atoms with E-state index >= 15 is 0 Å². The Morgan fingerprint density at radius 2 is 1.52 bits per heavy atom. The molecule has 2 aliphatic heterocycles. The van der Waals surface area contributed by atoms with Crippen LogP contribution in [0.5, 0.6) is 11.5 Å². The molecule has 2 aliphatic rings. The largest absolute Gasteiger partial charge is 0.457 e. The van der Waals surface area contributed by atoms with E-state index in [0.29, 0.717) is 13.1 Å². The molecule has 0 fully saturated rings. The van der Waals surface area contributed by atoms with Crippen LogP contribution in [-0.4, -0.2) is 25.2 Å². The maximum atomic E-state index is 14.0. The summed E-state index contributed by atoms with van der Waals surface area (Å²) in [4.78, 5) is 15.9. The summed E-state index contributed by atoms with van der Waals surface area (Å²) in [6.07, 6.45) is 4.07. The number of rotatable bonds is 2. The number of benzene rings is 2. The van der Waals surface area contributed by atoms with Crippen molar-refractivity contribution in [3.05, 3.63) is 95.4 Å². The zero-order valence-corrected chi connectivity index (χ0v) is 19.0. The van der Waals surface area contributed by atoms with Gasteiger partial charge in [-0.15, -0.1) is 0 Å². The highest BCUT2D eigenvalue weighted by Gasteiger charge is 2.39. The van der Waals surface area contributed by atoms with Crippen molar-refractivity contribution in [1.82, 2.24) is 19.2 Å². The molecular weight excluding hydrogens is 412 g/mol. The third-order valence-electron chi connectivity index (χ3n) is 6.45. The van der Waals surface area contributed by atoms with Gasteiger partial charge in [0.2, 0.25) is 5.91 Å². The van der Waals surface area contributed by atoms with Crippen molar-refractivity contribution in [2.45, 2.75) is 45.3 Å². The van der Waals surface area contributed by atoms with Crippen LogP contribution in [-0.2, 0) is 23.4 Å². The number of carbonyl (C=O) groups excluding carboxylic acids is 1. The summed E-state index contributed by atoms with van der Waals surface area (Å²) in [5.41, 5.74) is 3.74. The number of hydrogen-bond donors (Lipinski definition) is 0. The SMILES string of the molecule is CC(C)(C)n1nc2c(c1-n1cccc1)CN(C(=O)C1c3ccccc3Oc3ccccc31)C2. The Balaban J connectivity index is 1.40. The summed E-state index contributed by atoms with van der Waals surface area (Å²) in [5, 5.41) is 4.96. The molecule has 0 saturated carbocycles. The van der Waals surface area contributed by atoms with Crippen LogP contribution < -0.4 is 4.74 Å². The first-order chi connectivity index (χ1) is 15.9. The Morgan fingerprint density at radius 1 is 0.909 bits per heavy atom. The molecule has 2 aromatic heterocycles. The third kappa shape index (κ3) is 3.09. The molecule has 166 valence electrons. The van der Waals surface area contributed by atoms with Crippen LogP contribution in [0.25, 0.3) is 5.82 Å². The third-order valence-corrected chi connectivity index (χ3v) is 6.45. The summed E-state index contributed by atoms with van der Waals surface area (Å²) in [6.45, 7) is 7.51. The maximum absolute atomic E-state index is 14.0. The summed E-state index contributed by atoms with van der Waals surface area (Å²) >= 11 is 0. The first kappa shape index (κ1) is 19.9. The lowest BCUT2D eigenvalue weighted by atomic mass is 9.87. The monoisotopic (exact) mass is 438 g/mol. The molecule has 4 aromatic rings. The lowest BCUT2D eigenvalue weighted by Gasteiger charge is -2.30. The van der Waals surface area contributed by atoms with Gasteiger partial charge in [0.1, 0.15) is 17.3 Å². The van der Waals surface area contributed by atoms with Crippen molar-refractivity contribution in [3.8, 4) is 17.3 Å². The van der Waals surface area contributed by atoms with Crippen molar-refractivity contribution in [1.29, 1.82) is 0 Å². The van der Waals surface area contributed by atoms with Gasteiger partial charge in [0.05, 0.1) is 30.2 Å². The Hall–Kier alpha value is -3.80. The van der Waals surface area contributed by atoms with Crippen LogP contribution in [0.1, 0.15) is 49.1 Å². The fraction of sp³-hybridized carbons (Fsp3) is 0.259. The smallest absolute Gasteiger partial charge is 0.235 e. The first-order valence-electron chi connectivity index (χ1n) is 11.3. The average molecular weight is 439 g/mol. The molecule has 0 N–H and O–H groups in total. The molecule has 0 unspecified atom stereocenters. The number of para-hydroxylation sites is 2. The number of nitrogens with zero attached hydrogens (tertiary/aromatic N) is 4. The van der Waals surface area contributed by atoms with Crippen molar-refractivity contribution in [2.75, 3.05) is 0 Å². The van der Waals surface area contributed by atoms with Crippen LogP contribution in [0.2, 0.25) is 0 Å². The molecule has 0 bridgehead atoms. The fourth-order valence-corrected chi connectivity index (χ4v) is 4.92. The van der Waals surface area contributed by atoms with Crippen LogP contribution in [0.4, 0.5) is 0 Å². The van der Waals surface area contributed by atoms with Crippen molar-refractivity contribution >= 4 is 5.91 Å². The van der Waals surface area contributed by atoms with Gasteiger partial charge < -0.3 is 14.2 Å². The van der Waals surface area contributed by atoms with E-state index in [-0.39, 0.29) is 17.4 Å². The van der Waals surface area contributed by atoms with Gasteiger partial charge in [-0.3, -0.25) is 4.79 Å². The van der Waals surface area contributed by atoms with Crippen molar-refractivity contribution in [2.24, 2.45) is 0 Å². The van der Waals surface area contributed by atoms with Crippen LogP contribution in [0.3, 0.4) is 0 Å². The molecule has 0 spiro atoms. The van der Waals surface area contributed by atoms with E-state index in [4.69, 9.17) is 9.84 Å². The molecule has 6 nitrogen and oxygen atoms in total. The second-order valence-electron chi connectivity index (χ2n) is 9.73. The van der Waals surface area contributed by atoms with Gasteiger partial charge in [-0.1, -0.05) is 36.4 Å². The van der Waals surface area contributed by atoms with E-state index in [1.54, 1.807) is 0 Å². The highest BCUT2D eigenvalue weighted by atomic mass is 16.5. The fourth-order valence-electron chi connectivity index (χ4n) is 4.92. The highest BCUT2D eigenvalue weighted by Crippen LogP contribution is 2.45. The average Bonchev–Trinajstić information content (AvgIpc) is 3.52. The van der Waals surface area contributed by atoms with Gasteiger partial charge in [0.25, 0.3) is 0 Å². The molecule has 0 aliphatic carbocycles. The quantitative estimate of drug-likeness (QED) is 0.432. The molecular formula is C27H26N4O2. The Bertz CT molecular complexity index is 1320. The summed E-state index contributed by atoms with van der Waals surface area (Å²) in [7, 11) is 0. The van der Waals surface area contributed by atoms with Crippen molar-refractivity contribution in [3.63, 3.8) is 0 Å². The number of aromatic nitrogens is 3. The molecule has 4 heterocycles. The summed E-state index contributed by atoms with van der Waals surface area (Å²) < 4.78 is 10.3. The van der Waals surface area contributed by atoms with Crippen LogP contribution >= 0.6 is 0 Å². The van der Waals surface area contributed by atoms with Gasteiger partial charge in [-0.05, 0) is 45.0 Å². The molecule has 0 radical (unpaired) electrons. The predicted molar refractivity (Wildman–Crippen MR) is 126 cm³/mol. The van der Waals surface area contributed by atoms with Crippen LogP contribution in [0, 0.1) is 0 Å². The Morgan fingerprint density at radius 3 is 2.12 bits per heavy atom. The van der Waals surface area contributed by atoms with E-state index in [1.807, 2.05) is 78.0 Å². The first-order valence-corrected chi connectivity index (χ1v) is 11.3. The molecule has 6 rings (SSSR count). The minimum absolute atomic E-state index is 0.0805. The van der Waals surface area contributed by atoms with Gasteiger partial charge in [0.15, 0.2) is 0 Å². The molecule has 33 heavy (non-hydrogen) atoms. The Kier molecular flexibility index (Phi) is 4.27. The highest BCUT2D eigenvalue weighted by molar-refractivity contribution is 5.90. The van der Waals surface area contributed by atoms with Crippen molar-refractivity contribution < 1.29 is 9.53 Å².